The molecule has 0 aliphatic carbocycles. The summed E-state index contributed by atoms with van der Waals surface area (Å²) in [5, 5.41) is 9.76. The van der Waals surface area contributed by atoms with E-state index in [9.17, 15) is 0 Å². The summed E-state index contributed by atoms with van der Waals surface area (Å²) in [7, 11) is 0. The Balaban J connectivity index is 1.35. The van der Waals surface area contributed by atoms with Crippen LogP contribution < -0.4 is 0 Å². The first kappa shape index (κ1) is 21.6. The first-order valence-electron chi connectivity index (χ1n) is 13.7. The highest BCUT2D eigenvalue weighted by Gasteiger charge is 2.16. The summed E-state index contributed by atoms with van der Waals surface area (Å²) >= 11 is 0. The Hall–Kier alpha value is -5.34. The van der Waals surface area contributed by atoms with Crippen LogP contribution in [0.15, 0.2) is 144 Å². The molecule has 0 radical (unpaired) electrons. The quantitative estimate of drug-likeness (QED) is 0.212. The van der Waals surface area contributed by atoms with Crippen LogP contribution in [-0.4, -0.2) is 4.57 Å². The maximum atomic E-state index is 6.25. The lowest BCUT2D eigenvalue weighted by Gasteiger charge is -2.12. The number of furan rings is 1. The molecule has 9 aromatic rings. The van der Waals surface area contributed by atoms with Gasteiger partial charge in [-0.3, -0.25) is 0 Å². The van der Waals surface area contributed by atoms with Gasteiger partial charge >= 0.3 is 0 Å². The minimum absolute atomic E-state index is 0.928. The second-order valence-corrected chi connectivity index (χ2v) is 10.6. The maximum absolute atomic E-state index is 6.25. The Labute approximate surface area is 230 Å². The minimum atomic E-state index is 0.928. The molecule has 40 heavy (non-hydrogen) atoms. The van der Waals surface area contributed by atoms with E-state index in [1.807, 2.05) is 12.1 Å². The first-order valence-corrected chi connectivity index (χ1v) is 13.7. The van der Waals surface area contributed by atoms with Crippen LogP contribution in [0.3, 0.4) is 0 Å². The van der Waals surface area contributed by atoms with Crippen LogP contribution in [-0.2, 0) is 0 Å². The molecule has 0 amide bonds. The van der Waals surface area contributed by atoms with Gasteiger partial charge in [-0.15, -0.1) is 0 Å². The molecule has 186 valence electrons. The van der Waals surface area contributed by atoms with Crippen molar-refractivity contribution < 1.29 is 4.42 Å². The van der Waals surface area contributed by atoms with E-state index in [1.54, 1.807) is 0 Å². The number of rotatable bonds is 2. The molecule has 2 heteroatoms. The molecular weight excluding hydrogens is 486 g/mol. The summed E-state index contributed by atoms with van der Waals surface area (Å²) in [4.78, 5) is 0. The van der Waals surface area contributed by atoms with Gasteiger partial charge in [0.1, 0.15) is 11.2 Å². The smallest absolute Gasteiger partial charge is 0.136 e. The number of hydrogen-bond acceptors (Lipinski definition) is 1. The van der Waals surface area contributed by atoms with Crippen LogP contribution in [0.2, 0.25) is 0 Å². The van der Waals surface area contributed by atoms with E-state index in [-0.39, 0.29) is 0 Å². The summed E-state index contributed by atoms with van der Waals surface area (Å²) in [6.45, 7) is 0. The molecule has 0 spiro atoms. The fourth-order valence-electron chi connectivity index (χ4n) is 6.56. The predicted molar refractivity (Wildman–Crippen MR) is 169 cm³/mol. The molecule has 2 aromatic heterocycles. The van der Waals surface area contributed by atoms with Gasteiger partial charge in [0.05, 0.1) is 11.0 Å². The Morgan fingerprint density at radius 3 is 1.98 bits per heavy atom. The van der Waals surface area contributed by atoms with Gasteiger partial charge in [0, 0.05) is 27.2 Å². The number of fused-ring (bicyclic) bond motifs is 9. The van der Waals surface area contributed by atoms with Gasteiger partial charge in [-0.25, -0.2) is 0 Å². The highest BCUT2D eigenvalue weighted by Crippen LogP contribution is 2.41. The van der Waals surface area contributed by atoms with E-state index >= 15 is 0 Å². The molecule has 0 saturated heterocycles. The monoisotopic (exact) mass is 509 g/mol. The van der Waals surface area contributed by atoms with Crippen molar-refractivity contribution in [3.8, 4) is 16.8 Å². The van der Waals surface area contributed by atoms with Crippen LogP contribution in [0.25, 0.3) is 82.1 Å². The number of hydrogen-bond donors (Lipinski definition) is 0. The third-order valence-electron chi connectivity index (χ3n) is 8.35. The molecule has 0 aliphatic rings. The van der Waals surface area contributed by atoms with E-state index in [0.29, 0.717) is 0 Å². The lowest BCUT2D eigenvalue weighted by Crippen LogP contribution is -1.92. The largest absolute Gasteiger partial charge is 0.456 e. The fraction of sp³-hybridized carbons (Fsp3) is 0. The van der Waals surface area contributed by atoms with Crippen molar-refractivity contribution in [3.63, 3.8) is 0 Å². The third-order valence-corrected chi connectivity index (χ3v) is 8.35. The van der Waals surface area contributed by atoms with Gasteiger partial charge in [0.2, 0.25) is 0 Å². The fourth-order valence-corrected chi connectivity index (χ4v) is 6.56. The predicted octanol–water partition coefficient (Wildman–Crippen LogP) is 10.7. The van der Waals surface area contributed by atoms with Gasteiger partial charge in [0.15, 0.2) is 0 Å². The highest BCUT2D eigenvalue weighted by atomic mass is 16.3. The molecule has 0 bridgehead atoms. The lowest BCUT2D eigenvalue weighted by atomic mass is 9.92. The van der Waals surface area contributed by atoms with Gasteiger partial charge in [-0.2, -0.15) is 0 Å². The third kappa shape index (κ3) is 2.99. The molecule has 0 atom stereocenters. The molecule has 0 saturated carbocycles. The summed E-state index contributed by atoms with van der Waals surface area (Å²) in [5.74, 6) is 0. The molecule has 2 heterocycles. The molecule has 0 fully saturated rings. The summed E-state index contributed by atoms with van der Waals surface area (Å²) in [6.07, 6.45) is 0. The van der Waals surface area contributed by atoms with E-state index in [0.717, 1.165) is 21.9 Å². The molecule has 7 aromatic carbocycles. The zero-order chi connectivity index (χ0) is 26.2. The van der Waals surface area contributed by atoms with Gasteiger partial charge in [0.25, 0.3) is 0 Å². The second-order valence-electron chi connectivity index (χ2n) is 10.6. The van der Waals surface area contributed by atoms with Crippen LogP contribution in [0.5, 0.6) is 0 Å². The van der Waals surface area contributed by atoms with Crippen molar-refractivity contribution in [1.29, 1.82) is 0 Å². The molecule has 0 N–H and O–H groups in total. The van der Waals surface area contributed by atoms with Crippen LogP contribution >= 0.6 is 0 Å². The van der Waals surface area contributed by atoms with Crippen molar-refractivity contribution in [2.24, 2.45) is 0 Å². The normalized spacial score (nSPS) is 12.0. The van der Waals surface area contributed by atoms with Crippen molar-refractivity contribution in [1.82, 2.24) is 4.57 Å². The SMILES string of the molecule is c1ccc(-n2c3ccccc3c3cc(-c4cc5cc6c(cc5c5ccccc45)oc4ccccc46)ccc32)cc1. The van der Waals surface area contributed by atoms with E-state index in [4.69, 9.17) is 4.42 Å². The van der Waals surface area contributed by atoms with Crippen LogP contribution in [0.1, 0.15) is 0 Å². The Morgan fingerprint density at radius 2 is 1.10 bits per heavy atom. The highest BCUT2D eigenvalue weighted by molar-refractivity contribution is 6.20. The van der Waals surface area contributed by atoms with Crippen molar-refractivity contribution >= 4 is 65.3 Å². The average molecular weight is 510 g/mol. The summed E-state index contributed by atoms with van der Waals surface area (Å²) in [5.41, 5.74) is 7.94. The van der Waals surface area contributed by atoms with Gasteiger partial charge < -0.3 is 8.98 Å². The van der Waals surface area contributed by atoms with Crippen molar-refractivity contribution in [3.05, 3.63) is 140 Å². The van der Waals surface area contributed by atoms with Crippen LogP contribution in [0, 0.1) is 0 Å². The van der Waals surface area contributed by atoms with Gasteiger partial charge in [-0.1, -0.05) is 84.9 Å². The second kappa shape index (κ2) is 8.08. The van der Waals surface area contributed by atoms with Gasteiger partial charge in [-0.05, 0) is 87.3 Å². The lowest BCUT2D eigenvalue weighted by molar-refractivity contribution is 0.669. The Morgan fingerprint density at radius 1 is 0.400 bits per heavy atom. The number of para-hydroxylation sites is 3. The zero-order valence-electron chi connectivity index (χ0n) is 21.6. The van der Waals surface area contributed by atoms with E-state index < -0.39 is 0 Å². The molecule has 2 nitrogen and oxygen atoms in total. The molecule has 9 rings (SSSR count). The number of aromatic nitrogens is 1. The Bertz CT molecular complexity index is 2420. The Kier molecular flexibility index (Phi) is 4.36. The summed E-state index contributed by atoms with van der Waals surface area (Å²) in [6, 6.07) is 50.2. The molecule has 0 unspecified atom stereocenters. The topological polar surface area (TPSA) is 18.1 Å². The summed E-state index contributed by atoms with van der Waals surface area (Å²) < 4.78 is 8.62. The van der Waals surface area contributed by atoms with Crippen molar-refractivity contribution in [2.45, 2.75) is 0 Å². The molecular formula is C38H23NO. The maximum Gasteiger partial charge on any atom is 0.136 e. The average Bonchev–Trinajstić information content (AvgIpc) is 3.55. The van der Waals surface area contributed by atoms with E-state index in [2.05, 4.69) is 132 Å². The van der Waals surface area contributed by atoms with Crippen molar-refractivity contribution in [2.75, 3.05) is 0 Å². The minimum Gasteiger partial charge on any atom is -0.456 e. The number of benzene rings is 7. The zero-order valence-corrected chi connectivity index (χ0v) is 21.6. The number of nitrogens with zero attached hydrogens (tertiary/aromatic N) is 1. The van der Waals surface area contributed by atoms with E-state index in [1.165, 1.54) is 60.2 Å². The van der Waals surface area contributed by atoms with Crippen LogP contribution in [0.4, 0.5) is 0 Å². The molecule has 0 aliphatic heterocycles. The first-order chi connectivity index (χ1) is 19.8. The standard InChI is InChI=1S/C38H23NO/c1-2-10-26(11-3-1)39-35-16-8-6-14-29(35)33-20-24(18-19-36(33)39)31-21-25-22-34-30-15-7-9-17-37(30)40-38(34)23-32(25)28-13-5-4-12-27(28)31/h1-23H.